The molecule has 1 aliphatic rings. The van der Waals surface area contributed by atoms with Crippen LogP contribution in [-0.4, -0.2) is 5.84 Å². The van der Waals surface area contributed by atoms with Crippen LogP contribution in [-0.2, 0) is 0 Å². The second kappa shape index (κ2) is 15.9. The van der Waals surface area contributed by atoms with E-state index in [1.165, 1.54) is 47.8 Å². The number of rotatable bonds is 7. The third kappa shape index (κ3) is 6.76. The van der Waals surface area contributed by atoms with Crippen molar-refractivity contribution < 1.29 is 4.42 Å². The number of hydrogen-bond acceptors (Lipinski definition) is 5. The van der Waals surface area contributed by atoms with Gasteiger partial charge < -0.3 is 9.73 Å². The molecule has 0 saturated carbocycles. The summed E-state index contributed by atoms with van der Waals surface area (Å²) in [5.41, 5.74) is 14.3. The third-order valence-electron chi connectivity index (χ3n) is 13.2. The lowest BCUT2D eigenvalue weighted by Crippen LogP contribution is -2.44. The first-order valence-electron chi connectivity index (χ1n) is 22.5. The second-order valence-corrected chi connectivity index (χ2v) is 18.2. The molecule has 4 nitrogen and oxygen atoms in total. The zero-order chi connectivity index (χ0) is 43.6. The van der Waals surface area contributed by atoms with Gasteiger partial charge in [0.25, 0.3) is 0 Å². The predicted octanol–water partition coefficient (Wildman–Crippen LogP) is 16.1. The Kier molecular flexibility index (Phi) is 9.22. The fourth-order valence-corrected chi connectivity index (χ4v) is 10.9. The van der Waals surface area contributed by atoms with Gasteiger partial charge in [-0.15, -0.1) is 11.3 Å². The second-order valence-electron chi connectivity index (χ2n) is 17.1. The van der Waals surface area contributed by atoms with E-state index in [4.69, 9.17) is 9.41 Å². The molecule has 66 heavy (non-hydrogen) atoms. The van der Waals surface area contributed by atoms with E-state index >= 15 is 0 Å². The van der Waals surface area contributed by atoms with Crippen LogP contribution in [0.1, 0.15) is 29.0 Å². The lowest BCUT2D eigenvalue weighted by molar-refractivity contribution is 0.409. The first-order valence-corrected chi connectivity index (χ1v) is 23.3. The van der Waals surface area contributed by atoms with Gasteiger partial charge in [0, 0.05) is 36.5 Å². The van der Waals surface area contributed by atoms with Gasteiger partial charge >= 0.3 is 0 Å². The Bertz CT molecular complexity index is 3810. The average molecular weight is 864 g/mol. The minimum Gasteiger partial charge on any atom is -0.456 e. The molecule has 2 N–H and O–H groups in total. The van der Waals surface area contributed by atoms with E-state index < -0.39 is 0 Å². The van der Waals surface area contributed by atoms with E-state index in [1.807, 2.05) is 11.3 Å². The molecule has 0 bridgehead atoms. The van der Waals surface area contributed by atoms with Crippen molar-refractivity contribution >= 4 is 70.1 Å². The number of hydrogen-bond donors (Lipinski definition) is 2. The highest BCUT2D eigenvalue weighted by molar-refractivity contribution is 7.25. The Labute approximate surface area is 386 Å². The van der Waals surface area contributed by atoms with Gasteiger partial charge in [0.1, 0.15) is 29.3 Å². The predicted molar refractivity (Wildman–Crippen MR) is 277 cm³/mol. The number of benzene rings is 10. The van der Waals surface area contributed by atoms with Gasteiger partial charge in [0.2, 0.25) is 0 Å². The Morgan fingerprint density at radius 1 is 0.394 bits per heavy atom. The Morgan fingerprint density at radius 2 is 0.985 bits per heavy atom. The average Bonchev–Trinajstić information content (AvgIpc) is 3.95. The SMILES string of the molecule is c1ccc(-c2ccc(C3=NC(c4ccc5sc6ccccc6c5c4)NC(c4ccc(-c5cc(-c6ccccc6-c6ccccc6)cc6oc7cc8ccccc8cc7c56)cc4)N3)cc2)cc1. The maximum atomic E-state index is 6.80. The summed E-state index contributed by atoms with van der Waals surface area (Å²) in [6, 6.07) is 80.6. The first kappa shape index (κ1) is 38.4. The number of amidine groups is 1. The molecule has 0 saturated heterocycles. The van der Waals surface area contributed by atoms with Crippen LogP contribution in [0.3, 0.4) is 0 Å². The van der Waals surface area contributed by atoms with Crippen molar-refractivity contribution in [3.05, 3.63) is 241 Å². The van der Waals surface area contributed by atoms with Crippen molar-refractivity contribution in [1.29, 1.82) is 0 Å². The number of aliphatic imine (C=N–C) groups is 1. The summed E-state index contributed by atoms with van der Waals surface area (Å²) in [6.45, 7) is 0. The summed E-state index contributed by atoms with van der Waals surface area (Å²) in [7, 11) is 0. The molecule has 1 aliphatic heterocycles. The molecule has 0 amide bonds. The summed E-state index contributed by atoms with van der Waals surface area (Å²) < 4.78 is 9.38. The minimum atomic E-state index is -0.282. The smallest absolute Gasteiger partial charge is 0.136 e. The van der Waals surface area contributed by atoms with E-state index in [1.54, 1.807) is 0 Å². The maximum absolute atomic E-state index is 6.80. The fourth-order valence-electron chi connectivity index (χ4n) is 9.85. The summed E-state index contributed by atoms with van der Waals surface area (Å²) >= 11 is 1.84. The summed E-state index contributed by atoms with van der Waals surface area (Å²) in [6.07, 6.45) is -0.499. The van der Waals surface area contributed by atoms with Crippen molar-refractivity contribution in [1.82, 2.24) is 10.6 Å². The van der Waals surface area contributed by atoms with Crippen LogP contribution in [0.2, 0.25) is 0 Å². The lowest BCUT2D eigenvalue weighted by atomic mass is 9.90. The molecule has 3 heterocycles. The molecular weight excluding hydrogens is 823 g/mol. The molecule has 0 radical (unpaired) electrons. The van der Waals surface area contributed by atoms with E-state index in [9.17, 15) is 0 Å². The van der Waals surface area contributed by atoms with E-state index in [0.29, 0.717) is 0 Å². The monoisotopic (exact) mass is 863 g/mol. The molecule has 0 aliphatic carbocycles. The molecule has 10 aromatic carbocycles. The van der Waals surface area contributed by atoms with Crippen molar-refractivity contribution in [3.63, 3.8) is 0 Å². The van der Waals surface area contributed by atoms with Crippen LogP contribution >= 0.6 is 11.3 Å². The van der Waals surface area contributed by atoms with Gasteiger partial charge in [-0.25, -0.2) is 4.99 Å². The molecule has 5 heteroatoms. The maximum Gasteiger partial charge on any atom is 0.136 e. The van der Waals surface area contributed by atoms with Gasteiger partial charge in [0.15, 0.2) is 0 Å². The Morgan fingerprint density at radius 3 is 1.77 bits per heavy atom. The van der Waals surface area contributed by atoms with E-state index in [2.05, 4.69) is 235 Å². The Hall–Kier alpha value is -8.09. The summed E-state index contributed by atoms with van der Waals surface area (Å²) in [5.74, 6) is 0.853. The molecule has 312 valence electrons. The standard InChI is InChI=1S/C61H41N3OS/c1-3-13-38(14-4-1)39-23-27-42(28-24-39)59-62-60(64-61(63-59)46-31-32-57-52(34-46)50-21-11-12-22-56(50)66-57)43-29-25-41(26-30-43)51-35-47(49-20-10-9-19-48(49)40-15-5-2-6-16-40)37-55-58(51)53-33-44-17-7-8-18-45(44)36-54(53)65-55/h1-37,60-61,64H,(H,62,63). The van der Waals surface area contributed by atoms with Gasteiger partial charge in [-0.05, 0) is 109 Å². The van der Waals surface area contributed by atoms with E-state index in [0.717, 1.165) is 72.1 Å². The molecule has 2 atom stereocenters. The van der Waals surface area contributed by atoms with E-state index in [-0.39, 0.29) is 12.3 Å². The van der Waals surface area contributed by atoms with Gasteiger partial charge in [0.05, 0.1) is 0 Å². The number of nitrogens with zero attached hydrogens (tertiary/aromatic N) is 1. The molecule has 2 aromatic heterocycles. The highest BCUT2D eigenvalue weighted by Gasteiger charge is 2.27. The largest absolute Gasteiger partial charge is 0.456 e. The van der Waals surface area contributed by atoms with Crippen molar-refractivity contribution in [2.75, 3.05) is 0 Å². The molecular formula is C61H41N3OS. The lowest BCUT2D eigenvalue weighted by Gasteiger charge is -2.32. The zero-order valence-corrected chi connectivity index (χ0v) is 36.6. The van der Waals surface area contributed by atoms with Gasteiger partial charge in [-0.3, -0.25) is 5.32 Å². The fraction of sp³-hybridized carbons (Fsp3) is 0.0328. The number of nitrogens with one attached hydrogen (secondary N) is 2. The van der Waals surface area contributed by atoms with Crippen LogP contribution in [0.4, 0.5) is 0 Å². The van der Waals surface area contributed by atoms with Gasteiger partial charge in [-0.2, -0.15) is 0 Å². The van der Waals surface area contributed by atoms with Crippen LogP contribution in [0, 0.1) is 0 Å². The summed E-state index contributed by atoms with van der Waals surface area (Å²) in [5, 5.41) is 14.8. The number of thiophene rings is 1. The number of fused-ring (bicyclic) bond motifs is 7. The molecule has 12 aromatic rings. The third-order valence-corrected chi connectivity index (χ3v) is 14.3. The normalized spacial score (nSPS) is 15.1. The minimum absolute atomic E-state index is 0.217. The first-order chi connectivity index (χ1) is 32.7. The highest BCUT2D eigenvalue weighted by Crippen LogP contribution is 2.44. The van der Waals surface area contributed by atoms with Crippen LogP contribution in [0.25, 0.3) is 97.4 Å². The van der Waals surface area contributed by atoms with Gasteiger partial charge in [-0.1, -0.05) is 182 Å². The summed E-state index contributed by atoms with van der Waals surface area (Å²) in [4.78, 5) is 5.37. The quantitative estimate of drug-likeness (QED) is 0.168. The van der Waals surface area contributed by atoms with Crippen molar-refractivity contribution in [2.24, 2.45) is 4.99 Å². The van der Waals surface area contributed by atoms with Crippen LogP contribution in [0.15, 0.2) is 234 Å². The number of furan rings is 1. The molecule has 13 rings (SSSR count). The molecule has 0 spiro atoms. The molecule has 2 unspecified atom stereocenters. The highest BCUT2D eigenvalue weighted by atomic mass is 32.1. The Balaban J connectivity index is 0.920. The zero-order valence-electron chi connectivity index (χ0n) is 35.8. The van der Waals surface area contributed by atoms with Crippen molar-refractivity contribution in [3.8, 4) is 44.5 Å². The van der Waals surface area contributed by atoms with Crippen molar-refractivity contribution in [2.45, 2.75) is 12.3 Å². The van der Waals surface area contributed by atoms with Crippen LogP contribution < -0.4 is 10.6 Å². The van der Waals surface area contributed by atoms with Crippen LogP contribution in [0.5, 0.6) is 0 Å². The topological polar surface area (TPSA) is 49.6 Å². The molecule has 0 fully saturated rings.